The molecule has 1 atom stereocenters. The summed E-state index contributed by atoms with van der Waals surface area (Å²) >= 11 is 0. The molecule has 6 nitrogen and oxygen atoms in total. The summed E-state index contributed by atoms with van der Waals surface area (Å²) in [6.07, 6.45) is 1.42. The fraction of sp³-hybridized carbons (Fsp3) is 0.533. The number of para-hydroxylation sites is 1. The minimum Gasteiger partial charge on any atom is -0.315 e. The zero-order valence-electron chi connectivity index (χ0n) is 13.3. The highest BCUT2D eigenvalue weighted by molar-refractivity contribution is 7.86. The maximum atomic E-state index is 12.6. The lowest BCUT2D eigenvalue weighted by atomic mass is 9.98. The molecule has 122 valence electrons. The topological polar surface area (TPSA) is 60.9 Å². The maximum Gasteiger partial charge on any atom is 0.281 e. The number of anilines is 1. The molecule has 1 aliphatic rings. The van der Waals surface area contributed by atoms with Gasteiger partial charge in [0.15, 0.2) is 0 Å². The van der Waals surface area contributed by atoms with Crippen molar-refractivity contribution in [1.29, 1.82) is 0 Å². The number of carbonyl (C=O) groups excluding carboxylic acids is 1. The Morgan fingerprint density at radius 1 is 1.18 bits per heavy atom. The molecule has 0 spiro atoms. The van der Waals surface area contributed by atoms with Crippen molar-refractivity contribution in [3.63, 3.8) is 0 Å². The van der Waals surface area contributed by atoms with Crippen LogP contribution in [0.25, 0.3) is 0 Å². The van der Waals surface area contributed by atoms with E-state index in [-0.39, 0.29) is 18.4 Å². The second-order valence-corrected chi connectivity index (χ2v) is 7.86. The van der Waals surface area contributed by atoms with Gasteiger partial charge in [-0.3, -0.25) is 4.79 Å². The maximum absolute atomic E-state index is 12.6. The second kappa shape index (κ2) is 6.76. The monoisotopic (exact) mass is 325 g/mol. The molecule has 0 aliphatic carbocycles. The number of rotatable bonds is 4. The number of piperidine rings is 1. The van der Waals surface area contributed by atoms with E-state index in [2.05, 4.69) is 0 Å². The summed E-state index contributed by atoms with van der Waals surface area (Å²) in [4.78, 5) is 14.2. The first kappa shape index (κ1) is 16.9. The summed E-state index contributed by atoms with van der Waals surface area (Å²) in [7, 11) is 1.29. The van der Waals surface area contributed by atoms with E-state index in [9.17, 15) is 13.2 Å². The normalized spacial score (nSPS) is 20.1. The molecule has 1 aromatic carbocycles. The van der Waals surface area contributed by atoms with Gasteiger partial charge in [0.05, 0.1) is 5.92 Å². The van der Waals surface area contributed by atoms with E-state index < -0.39 is 10.2 Å². The highest BCUT2D eigenvalue weighted by Crippen LogP contribution is 2.23. The van der Waals surface area contributed by atoms with Crippen molar-refractivity contribution >= 4 is 21.8 Å². The predicted octanol–water partition coefficient (Wildman–Crippen LogP) is 1.17. The van der Waals surface area contributed by atoms with Crippen LogP contribution in [0.2, 0.25) is 0 Å². The molecule has 2 rings (SSSR count). The molecular weight excluding hydrogens is 302 g/mol. The number of hydrogen-bond donors (Lipinski definition) is 0. The fourth-order valence-corrected chi connectivity index (χ4v) is 3.83. The van der Waals surface area contributed by atoms with E-state index in [1.807, 2.05) is 30.3 Å². The zero-order valence-corrected chi connectivity index (χ0v) is 14.1. The number of hydrogen-bond acceptors (Lipinski definition) is 3. The largest absolute Gasteiger partial charge is 0.315 e. The number of benzene rings is 1. The van der Waals surface area contributed by atoms with Crippen LogP contribution in [0.5, 0.6) is 0 Å². The minimum absolute atomic E-state index is 0.0372. The van der Waals surface area contributed by atoms with Gasteiger partial charge in [-0.25, -0.2) is 0 Å². The Kier molecular flexibility index (Phi) is 5.20. The Morgan fingerprint density at radius 3 is 2.41 bits per heavy atom. The molecule has 1 aromatic rings. The van der Waals surface area contributed by atoms with Gasteiger partial charge in [0.25, 0.3) is 10.2 Å². The van der Waals surface area contributed by atoms with Crippen LogP contribution in [0, 0.1) is 5.92 Å². The molecule has 1 saturated heterocycles. The van der Waals surface area contributed by atoms with E-state index in [4.69, 9.17) is 0 Å². The Labute approximate surface area is 132 Å². The van der Waals surface area contributed by atoms with Gasteiger partial charge in [0.1, 0.15) is 0 Å². The van der Waals surface area contributed by atoms with Crippen LogP contribution in [0.15, 0.2) is 30.3 Å². The van der Waals surface area contributed by atoms with Crippen LogP contribution in [0.4, 0.5) is 5.69 Å². The van der Waals surface area contributed by atoms with Crippen LogP contribution >= 0.6 is 0 Å². The summed E-state index contributed by atoms with van der Waals surface area (Å²) in [5, 5.41) is 0. The minimum atomic E-state index is -3.46. The van der Waals surface area contributed by atoms with Crippen LogP contribution in [-0.2, 0) is 15.0 Å². The SMILES string of the molecule is CN(C(=O)C1CCCN(S(=O)(=O)N(C)C)C1)c1ccccc1. The van der Waals surface area contributed by atoms with E-state index >= 15 is 0 Å². The third-order valence-corrected chi connectivity index (χ3v) is 5.90. The molecule has 0 bridgehead atoms. The van der Waals surface area contributed by atoms with Gasteiger partial charge < -0.3 is 4.90 Å². The Morgan fingerprint density at radius 2 is 1.82 bits per heavy atom. The Balaban J connectivity index is 2.11. The van der Waals surface area contributed by atoms with Crippen molar-refractivity contribution in [3.05, 3.63) is 30.3 Å². The molecular formula is C15H23N3O3S. The van der Waals surface area contributed by atoms with Crippen LogP contribution in [-0.4, -0.2) is 57.2 Å². The molecule has 7 heteroatoms. The van der Waals surface area contributed by atoms with Crippen molar-refractivity contribution in [2.45, 2.75) is 12.8 Å². The average molecular weight is 325 g/mol. The molecule has 0 N–H and O–H groups in total. The van der Waals surface area contributed by atoms with Gasteiger partial charge >= 0.3 is 0 Å². The third kappa shape index (κ3) is 3.48. The lowest BCUT2D eigenvalue weighted by molar-refractivity contribution is -0.123. The van der Waals surface area contributed by atoms with Gasteiger partial charge in [-0.1, -0.05) is 18.2 Å². The first-order valence-electron chi connectivity index (χ1n) is 7.34. The molecule has 1 fully saturated rings. The average Bonchev–Trinajstić information content (AvgIpc) is 2.54. The second-order valence-electron chi connectivity index (χ2n) is 5.72. The third-order valence-electron chi connectivity index (χ3n) is 4.00. The summed E-state index contributed by atoms with van der Waals surface area (Å²) < 4.78 is 27.0. The first-order chi connectivity index (χ1) is 10.3. The molecule has 1 unspecified atom stereocenters. The van der Waals surface area contributed by atoms with Crippen LogP contribution in [0.3, 0.4) is 0 Å². The molecule has 1 aliphatic heterocycles. The summed E-state index contributed by atoms with van der Waals surface area (Å²) in [6, 6.07) is 9.39. The van der Waals surface area contributed by atoms with E-state index in [1.165, 1.54) is 22.7 Å². The van der Waals surface area contributed by atoms with E-state index in [0.717, 1.165) is 12.1 Å². The van der Waals surface area contributed by atoms with Crippen LogP contribution in [0.1, 0.15) is 12.8 Å². The van der Waals surface area contributed by atoms with Crippen molar-refractivity contribution < 1.29 is 13.2 Å². The van der Waals surface area contributed by atoms with Gasteiger partial charge in [0.2, 0.25) is 5.91 Å². The molecule has 0 radical (unpaired) electrons. The lowest BCUT2D eigenvalue weighted by Gasteiger charge is -2.34. The molecule has 1 amide bonds. The van der Waals surface area contributed by atoms with Crippen molar-refractivity contribution in [2.24, 2.45) is 5.92 Å². The smallest absolute Gasteiger partial charge is 0.281 e. The van der Waals surface area contributed by atoms with E-state index in [0.29, 0.717) is 13.0 Å². The summed E-state index contributed by atoms with van der Waals surface area (Å²) in [6.45, 7) is 0.718. The van der Waals surface area contributed by atoms with Gasteiger partial charge in [-0.2, -0.15) is 17.0 Å². The highest BCUT2D eigenvalue weighted by Gasteiger charge is 2.34. The van der Waals surface area contributed by atoms with Gasteiger partial charge in [-0.15, -0.1) is 0 Å². The Bertz CT molecular complexity index is 616. The number of nitrogens with zero attached hydrogens (tertiary/aromatic N) is 3. The summed E-state index contributed by atoms with van der Waals surface area (Å²) in [5.74, 6) is -0.335. The standard InChI is InChI=1S/C15H23N3O3S/c1-16(2)22(20,21)18-11-7-8-13(12-18)15(19)17(3)14-9-5-4-6-10-14/h4-6,9-10,13H,7-8,11-12H2,1-3H3. The zero-order chi connectivity index (χ0) is 16.3. The quantitative estimate of drug-likeness (QED) is 0.835. The molecule has 1 heterocycles. The first-order valence-corrected chi connectivity index (χ1v) is 8.74. The number of amides is 1. The van der Waals surface area contributed by atoms with Crippen LogP contribution < -0.4 is 4.90 Å². The molecule has 0 saturated carbocycles. The summed E-state index contributed by atoms with van der Waals surface area (Å²) in [5.41, 5.74) is 0.820. The van der Waals surface area contributed by atoms with Crippen molar-refractivity contribution in [1.82, 2.24) is 8.61 Å². The predicted molar refractivity (Wildman–Crippen MR) is 86.8 cm³/mol. The molecule has 0 aromatic heterocycles. The highest BCUT2D eigenvalue weighted by atomic mass is 32.2. The van der Waals surface area contributed by atoms with Gasteiger partial charge in [0, 0.05) is 39.9 Å². The van der Waals surface area contributed by atoms with Crippen molar-refractivity contribution in [2.75, 3.05) is 39.1 Å². The van der Waals surface area contributed by atoms with Crippen molar-refractivity contribution in [3.8, 4) is 0 Å². The number of carbonyl (C=O) groups is 1. The van der Waals surface area contributed by atoms with Gasteiger partial charge in [-0.05, 0) is 25.0 Å². The Hall–Kier alpha value is -1.44. The fourth-order valence-electron chi connectivity index (χ4n) is 2.64. The lowest BCUT2D eigenvalue weighted by Crippen LogP contribution is -2.49. The van der Waals surface area contributed by atoms with E-state index in [1.54, 1.807) is 11.9 Å². The molecule has 22 heavy (non-hydrogen) atoms.